The number of aryl methyl sites for hydroxylation is 1. The molecule has 2 aromatic heterocycles. The molecule has 3 aromatic rings. The Bertz CT molecular complexity index is 1080. The predicted octanol–water partition coefficient (Wildman–Crippen LogP) is 2.83. The molecule has 9 nitrogen and oxygen atoms in total. The number of benzene rings is 1. The molecule has 156 valence electrons. The molecule has 10 heteroatoms. The number of aromatic nitrogens is 4. The maximum absolute atomic E-state index is 13.2. The SMILES string of the molecule is CNC(=O)c1c(NC(=O)c2nc(C(C)C)ncc2Nc2ccc(F)cc2)cnn1C. The molecule has 0 aliphatic carbocycles. The van der Waals surface area contributed by atoms with Crippen molar-refractivity contribution in [2.45, 2.75) is 19.8 Å². The molecule has 0 unspecified atom stereocenters. The van der Waals surface area contributed by atoms with Crippen molar-refractivity contribution >= 4 is 28.9 Å². The molecule has 0 atom stereocenters. The Morgan fingerprint density at radius 2 is 1.77 bits per heavy atom. The zero-order chi connectivity index (χ0) is 21.8. The van der Waals surface area contributed by atoms with Gasteiger partial charge in [0.1, 0.15) is 17.3 Å². The molecule has 0 saturated heterocycles. The first-order valence-corrected chi connectivity index (χ1v) is 9.25. The van der Waals surface area contributed by atoms with E-state index in [4.69, 9.17) is 0 Å². The van der Waals surface area contributed by atoms with Crippen LogP contribution < -0.4 is 16.0 Å². The Labute approximate surface area is 172 Å². The summed E-state index contributed by atoms with van der Waals surface area (Å²) in [6, 6.07) is 5.68. The molecule has 2 heterocycles. The summed E-state index contributed by atoms with van der Waals surface area (Å²) < 4.78 is 14.6. The third-order valence-electron chi connectivity index (χ3n) is 4.29. The lowest BCUT2D eigenvalue weighted by Gasteiger charge is -2.14. The summed E-state index contributed by atoms with van der Waals surface area (Å²) in [7, 11) is 3.09. The van der Waals surface area contributed by atoms with E-state index in [2.05, 4.69) is 31.0 Å². The average molecular weight is 411 g/mol. The third-order valence-corrected chi connectivity index (χ3v) is 4.29. The number of hydrogen-bond acceptors (Lipinski definition) is 6. The zero-order valence-corrected chi connectivity index (χ0v) is 17.0. The van der Waals surface area contributed by atoms with Crippen molar-refractivity contribution in [3.05, 3.63) is 59.7 Å². The standard InChI is InChI=1S/C20H22FN7O2/c1-11(2)18-23-9-14(25-13-7-5-12(21)6-8-13)16(27-18)19(29)26-15-10-24-28(4)17(15)20(30)22-3/h5-11,25H,1-4H3,(H,22,30)(H,26,29). The molecule has 0 aliphatic rings. The molecule has 3 rings (SSSR count). The number of amides is 2. The molecular weight excluding hydrogens is 389 g/mol. The smallest absolute Gasteiger partial charge is 0.276 e. The van der Waals surface area contributed by atoms with E-state index in [9.17, 15) is 14.0 Å². The number of hydrogen-bond donors (Lipinski definition) is 3. The van der Waals surface area contributed by atoms with E-state index in [1.165, 1.54) is 48.4 Å². The minimum atomic E-state index is -0.540. The molecule has 30 heavy (non-hydrogen) atoms. The molecule has 0 spiro atoms. The number of carbonyl (C=O) groups is 2. The zero-order valence-electron chi connectivity index (χ0n) is 17.0. The van der Waals surface area contributed by atoms with Gasteiger partial charge in [-0.2, -0.15) is 5.10 Å². The first-order valence-electron chi connectivity index (χ1n) is 9.25. The normalized spacial score (nSPS) is 10.7. The maximum Gasteiger partial charge on any atom is 0.276 e. The number of halogens is 1. The van der Waals surface area contributed by atoms with Gasteiger partial charge < -0.3 is 16.0 Å². The van der Waals surface area contributed by atoms with E-state index in [0.717, 1.165) is 0 Å². The quantitative estimate of drug-likeness (QED) is 0.575. The van der Waals surface area contributed by atoms with Crippen LogP contribution >= 0.6 is 0 Å². The van der Waals surface area contributed by atoms with Crippen molar-refractivity contribution in [1.82, 2.24) is 25.1 Å². The van der Waals surface area contributed by atoms with Crippen molar-refractivity contribution in [1.29, 1.82) is 0 Å². The van der Waals surface area contributed by atoms with Crippen LogP contribution in [0.15, 0.2) is 36.7 Å². The fourth-order valence-electron chi connectivity index (χ4n) is 2.73. The summed E-state index contributed by atoms with van der Waals surface area (Å²) in [5.74, 6) is -0.815. The molecule has 0 radical (unpaired) electrons. The minimum absolute atomic E-state index is 0.00348. The lowest BCUT2D eigenvalue weighted by molar-refractivity contribution is 0.0954. The Balaban J connectivity index is 1.96. The van der Waals surface area contributed by atoms with Gasteiger partial charge in [-0.15, -0.1) is 0 Å². The fraction of sp³-hybridized carbons (Fsp3) is 0.250. The molecular formula is C20H22FN7O2. The summed E-state index contributed by atoms with van der Waals surface area (Å²) in [6.45, 7) is 3.82. The van der Waals surface area contributed by atoms with Gasteiger partial charge in [0.25, 0.3) is 11.8 Å². The Morgan fingerprint density at radius 1 is 1.07 bits per heavy atom. The highest BCUT2D eigenvalue weighted by Crippen LogP contribution is 2.23. The lowest BCUT2D eigenvalue weighted by atomic mass is 10.2. The highest BCUT2D eigenvalue weighted by Gasteiger charge is 2.22. The summed E-state index contributed by atoms with van der Waals surface area (Å²) in [6.07, 6.45) is 2.89. The van der Waals surface area contributed by atoms with Gasteiger partial charge in [0.05, 0.1) is 23.8 Å². The van der Waals surface area contributed by atoms with Crippen molar-refractivity contribution in [3.8, 4) is 0 Å². The van der Waals surface area contributed by atoms with Crippen LogP contribution in [0.4, 0.5) is 21.5 Å². The Kier molecular flexibility index (Phi) is 6.05. The van der Waals surface area contributed by atoms with Crippen LogP contribution in [0.1, 0.15) is 46.6 Å². The molecule has 0 aliphatic heterocycles. The van der Waals surface area contributed by atoms with E-state index in [1.807, 2.05) is 13.8 Å². The number of nitrogens with one attached hydrogen (secondary N) is 3. The Morgan fingerprint density at radius 3 is 2.40 bits per heavy atom. The van der Waals surface area contributed by atoms with Gasteiger partial charge in [-0.25, -0.2) is 14.4 Å². The first kappa shape index (κ1) is 20.9. The van der Waals surface area contributed by atoms with Gasteiger partial charge in [0.2, 0.25) is 0 Å². The molecule has 0 fully saturated rings. The largest absolute Gasteiger partial charge is 0.354 e. The number of nitrogens with zero attached hydrogens (tertiary/aromatic N) is 4. The number of anilines is 3. The van der Waals surface area contributed by atoms with Gasteiger partial charge in [-0.3, -0.25) is 14.3 Å². The second-order valence-corrected chi connectivity index (χ2v) is 6.84. The maximum atomic E-state index is 13.2. The summed E-state index contributed by atoms with van der Waals surface area (Å²) in [4.78, 5) is 33.9. The van der Waals surface area contributed by atoms with Gasteiger partial charge in [0, 0.05) is 25.7 Å². The summed E-state index contributed by atoms with van der Waals surface area (Å²) in [5, 5.41) is 12.3. The van der Waals surface area contributed by atoms with E-state index < -0.39 is 5.91 Å². The molecule has 0 bridgehead atoms. The molecule has 2 amide bonds. The second-order valence-electron chi connectivity index (χ2n) is 6.84. The van der Waals surface area contributed by atoms with Crippen LogP contribution in [-0.4, -0.2) is 38.6 Å². The van der Waals surface area contributed by atoms with Crippen molar-refractivity contribution in [2.75, 3.05) is 17.7 Å². The lowest BCUT2D eigenvalue weighted by Crippen LogP contribution is -2.24. The topological polar surface area (TPSA) is 114 Å². The van der Waals surface area contributed by atoms with Crippen LogP contribution in [0.25, 0.3) is 0 Å². The first-order chi connectivity index (χ1) is 14.3. The van der Waals surface area contributed by atoms with E-state index in [-0.39, 0.29) is 34.7 Å². The number of rotatable bonds is 6. The van der Waals surface area contributed by atoms with Crippen LogP contribution in [0.3, 0.4) is 0 Å². The summed E-state index contributed by atoms with van der Waals surface area (Å²) >= 11 is 0. The second kappa shape index (κ2) is 8.68. The average Bonchev–Trinajstić information content (AvgIpc) is 3.09. The monoisotopic (exact) mass is 411 g/mol. The minimum Gasteiger partial charge on any atom is -0.354 e. The number of carbonyl (C=O) groups excluding carboxylic acids is 2. The van der Waals surface area contributed by atoms with Gasteiger partial charge in [0.15, 0.2) is 5.69 Å². The highest BCUT2D eigenvalue weighted by molar-refractivity contribution is 6.10. The summed E-state index contributed by atoms with van der Waals surface area (Å²) in [5.41, 5.74) is 1.45. The molecule has 1 aromatic carbocycles. The molecule has 3 N–H and O–H groups in total. The van der Waals surface area contributed by atoms with E-state index >= 15 is 0 Å². The van der Waals surface area contributed by atoms with E-state index in [0.29, 0.717) is 17.2 Å². The predicted molar refractivity (Wildman–Crippen MR) is 110 cm³/mol. The van der Waals surface area contributed by atoms with Crippen molar-refractivity contribution < 1.29 is 14.0 Å². The van der Waals surface area contributed by atoms with Crippen LogP contribution in [0, 0.1) is 5.82 Å². The molecule has 0 saturated carbocycles. The van der Waals surface area contributed by atoms with Crippen molar-refractivity contribution in [3.63, 3.8) is 0 Å². The van der Waals surface area contributed by atoms with Crippen LogP contribution in [0.2, 0.25) is 0 Å². The van der Waals surface area contributed by atoms with Crippen LogP contribution in [-0.2, 0) is 7.05 Å². The van der Waals surface area contributed by atoms with E-state index in [1.54, 1.807) is 7.05 Å². The van der Waals surface area contributed by atoms with Crippen molar-refractivity contribution in [2.24, 2.45) is 7.05 Å². The highest BCUT2D eigenvalue weighted by atomic mass is 19.1. The van der Waals surface area contributed by atoms with Crippen LogP contribution in [0.5, 0.6) is 0 Å². The third kappa shape index (κ3) is 4.43. The van der Waals surface area contributed by atoms with Gasteiger partial charge in [-0.05, 0) is 24.3 Å². The fourth-order valence-corrected chi connectivity index (χ4v) is 2.73. The van der Waals surface area contributed by atoms with Gasteiger partial charge >= 0.3 is 0 Å². The Hall–Kier alpha value is -3.82. The van der Waals surface area contributed by atoms with Gasteiger partial charge in [-0.1, -0.05) is 13.8 Å².